The van der Waals surface area contributed by atoms with Gasteiger partial charge >= 0.3 is 0 Å². The van der Waals surface area contributed by atoms with E-state index >= 15 is 0 Å². The highest BCUT2D eigenvalue weighted by molar-refractivity contribution is 5.62. The molecule has 1 heterocycles. The molecule has 0 aliphatic rings. The zero-order chi connectivity index (χ0) is 18.4. The fourth-order valence-electron chi connectivity index (χ4n) is 2.76. The molecule has 0 amide bonds. The summed E-state index contributed by atoms with van der Waals surface area (Å²) in [6, 6.07) is 19.0. The number of para-hydroxylation sites is 1. The van der Waals surface area contributed by atoms with Crippen LogP contribution in [0.1, 0.15) is 11.1 Å². The predicted octanol–water partition coefficient (Wildman–Crippen LogP) is 3.76. The summed E-state index contributed by atoms with van der Waals surface area (Å²) in [7, 11) is 3.26. The second kappa shape index (κ2) is 8.36. The fraction of sp³-hybridized carbons (Fsp3) is 0.190. The summed E-state index contributed by atoms with van der Waals surface area (Å²) in [4.78, 5) is 4.44. The first-order valence-electron chi connectivity index (χ1n) is 8.37. The topological polar surface area (TPSA) is 63.6 Å². The molecule has 5 nitrogen and oxygen atoms in total. The molecule has 2 N–H and O–H groups in total. The minimum Gasteiger partial charge on any atom is -0.508 e. The van der Waals surface area contributed by atoms with Crippen LogP contribution in [0.5, 0.6) is 17.4 Å². The Balaban J connectivity index is 1.73. The van der Waals surface area contributed by atoms with Crippen molar-refractivity contribution in [2.45, 2.75) is 13.1 Å². The molecule has 0 aliphatic heterocycles. The highest BCUT2D eigenvalue weighted by atomic mass is 16.5. The van der Waals surface area contributed by atoms with Crippen molar-refractivity contribution in [2.24, 2.45) is 0 Å². The zero-order valence-electron chi connectivity index (χ0n) is 14.9. The van der Waals surface area contributed by atoms with Gasteiger partial charge in [0, 0.05) is 35.8 Å². The molecular formula is C21H22N2O3. The van der Waals surface area contributed by atoms with Crippen molar-refractivity contribution in [3.63, 3.8) is 0 Å². The smallest absolute Gasteiger partial charge is 0.213 e. The van der Waals surface area contributed by atoms with Crippen molar-refractivity contribution in [3.8, 4) is 28.6 Å². The summed E-state index contributed by atoms with van der Waals surface area (Å²) >= 11 is 0. The first-order chi connectivity index (χ1) is 12.7. The maximum Gasteiger partial charge on any atom is 0.213 e. The molecule has 0 atom stereocenters. The number of methoxy groups -OCH3 is 2. The maximum absolute atomic E-state index is 10.2. The monoisotopic (exact) mass is 350 g/mol. The Morgan fingerprint density at radius 2 is 1.69 bits per heavy atom. The lowest BCUT2D eigenvalue weighted by atomic mass is 10.1. The van der Waals surface area contributed by atoms with E-state index in [-0.39, 0.29) is 5.75 Å². The molecule has 26 heavy (non-hydrogen) atoms. The largest absolute Gasteiger partial charge is 0.508 e. The second-order valence-electron chi connectivity index (χ2n) is 5.82. The van der Waals surface area contributed by atoms with E-state index < -0.39 is 0 Å². The Morgan fingerprint density at radius 1 is 0.885 bits per heavy atom. The number of phenolic OH excluding ortho intramolecular Hbond substituents is 1. The number of hydrogen-bond donors (Lipinski definition) is 2. The van der Waals surface area contributed by atoms with E-state index in [1.165, 1.54) is 0 Å². The standard InChI is InChI=1S/C21H22N2O3/c1-25-20-8-4-3-6-16(20)13-22-14-17-12-15(10-11-19(17)24)18-7-5-9-21(23-18)26-2/h3-12,22,24H,13-14H2,1-2H3. The molecule has 0 radical (unpaired) electrons. The number of ether oxygens (including phenoxy) is 2. The minimum absolute atomic E-state index is 0.254. The summed E-state index contributed by atoms with van der Waals surface area (Å²) in [6.45, 7) is 1.17. The Morgan fingerprint density at radius 3 is 2.50 bits per heavy atom. The van der Waals surface area contributed by atoms with E-state index in [1.54, 1.807) is 26.4 Å². The van der Waals surface area contributed by atoms with Crippen LogP contribution in [-0.2, 0) is 13.1 Å². The van der Waals surface area contributed by atoms with Gasteiger partial charge in [-0.15, -0.1) is 0 Å². The molecule has 0 unspecified atom stereocenters. The van der Waals surface area contributed by atoms with Crippen molar-refractivity contribution in [1.82, 2.24) is 10.3 Å². The fourth-order valence-corrected chi connectivity index (χ4v) is 2.76. The Hall–Kier alpha value is -3.05. The van der Waals surface area contributed by atoms with Crippen LogP contribution in [0.15, 0.2) is 60.7 Å². The first-order valence-corrected chi connectivity index (χ1v) is 8.37. The van der Waals surface area contributed by atoms with Gasteiger partial charge in [0.15, 0.2) is 0 Å². The van der Waals surface area contributed by atoms with Crippen LogP contribution < -0.4 is 14.8 Å². The van der Waals surface area contributed by atoms with Crippen LogP contribution in [0.2, 0.25) is 0 Å². The number of hydrogen-bond acceptors (Lipinski definition) is 5. The highest BCUT2D eigenvalue weighted by Gasteiger charge is 2.07. The molecule has 0 aliphatic carbocycles. The molecule has 0 saturated heterocycles. The van der Waals surface area contributed by atoms with Gasteiger partial charge in [-0.3, -0.25) is 0 Å². The van der Waals surface area contributed by atoms with Gasteiger partial charge in [-0.2, -0.15) is 0 Å². The third-order valence-electron chi connectivity index (χ3n) is 4.13. The molecule has 0 saturated carbocycles. The summed E-state index contributed by atoms with van der Waals surface area (Å²) in [5.74, 6) is 1.66. The van der Waals surface area contributed by atoms with E-state index in [9.17, 15) is 5.11 Å². The average Bonchev–Trinajstić information content (AvgIpc) is 2.69. The molecule has 0 spiro atoms. The molecule has 5 heteroatoms. The van der Waals surface area contributed by atoms with Gasteiger partial charge < -0.3 is 19.9 Å². The number of rotatable bonds is 7. The quantitative estimate of drug-likeness (QED) is 0.679. The second-order valence-corrected chi connectivity index (χ2v) is 5.82. The normalized spacial score (nSPS) is 10.5. The van der Waals surface area contributed by atoms with Crippen molar-refractivity contribution in [1.29, 1.82) is 0 Å². The number of benzene rings is 2. The molecular weight excluding hydrogens is 328 g/mol. The van der Waals surface area contributed by atoms with Crippen LogP contribution in [0, 0.1) is 0 Å². The number of pyridine rings is 1. The number of aromatic nitrogens is 1. The lowest BCUT2D eigenvalue weighted by molar-refractivity contribution is 0.398. The van der Waals surface area contributed by atoms with Crippen LogP contribution in [0.3, 0.4) is 0 Å². The van der Waals surface area contributed by atoms with Gasteiger partial charge in [0.05, 0.1) is 19.9 Å². The van der Waals surface area contributed by atoms with Crippen molar-refractivity contribution in [2.75, 3.05) is 14.2 Å². The minimum atomic E-state index is 0.254. The Bertz CT molecular complexity index is 881. The Kier molecular flexibility index (Phi) is 5.71. The van der Waals surface area contributed by atoms with Gasteiger partial charge in [-0.25, -0.2) is 4.98 Å². The van der Waals surface area contributed by atoms with Crippen molar-refractivity contribution >= 4 is 0 Å². The van der Waals surface area contributed by atoms with Crippen molar-refractivity contribution < 1.29 is 14.6 Å². The molecule has 134 valence electrons. The van der Waals surface area contributed by atoms with Gasteiger partial charge in [0.25, 0.3) is 0 Å². The maximum atomic E-state index is 10.2. The molecule has 0 bridgehead atoms. The summed E-state index contributed by atoms with van der Waals surface area (Å²) in [6.07, 6.45) is 0. The number of nitrogens with one attached hydrogen (secondary N) is 1. The number of nitrogens with zero attached hydrogens (tertiary/aromatic N) is 1. The lowest BCUT2D eigenvalue weighted by Gasteiger charge is -2.11. The first kappa shape index (κ1) is 17.8. The van der Waals surface area contributed by atoms with Crippen LogP contribution in [0.25, 0.3) is 11.3 Å². The summed E-state index contributed by atoms with van der Waals surface area (Å²) in [5, 5.41) is 13.5. The van der Waals surface area contributed by atoms with Gasteiger partial charge in [-0.1, -0.05) is 24.3 Å². The molecule has 2 aromatic carbocycles. The lowest BCUT2D eigenvalue weighted by Crippen LogP contribution is -2.13. The van der Waals surface area contributed by atoms with Crippen LogP contribution >= 0.6 is 0 Å². The number of aromatic hydroxyl groups is 1. The third-order valence-corrected chi connectivity index (χ3v) is 4.13. The average molecular weight is 350 g/mol. The molecule has 0 fully saturated rings. The predicted molar refractivity (Wildman–Crippen MR) is 101 cm³/mol. The summed E-state index contributed by atoms with van der Waals surface area (Å²) in [5.41, 5.74) is 3.60. The van der Waals surface area contributed by atoms with Gasteiger partial charge in [0.1, 0.15) is 11.5 Å². The van der Waals surface area contributed by atoms with E-state index in [0.717, 1.165) is 28.1 Å². The number of phenols is 1. The van der Waals surface area contributed by atoms with E-state index in [1.807, 2.05) is 48.5 Å². The van der Waals surface area contributed by atoms with E-state index in [2.05, 4.69) is 10.3 Å². The van der Waals surface area contributed by atoms with Gasteiger partial charge in [0.2, 0.25) is 5.88 Å². The van der Waals surface area contributed by atoms with Crippen molar-refractivity contribution in [3.05, 3.63) is 71.8 Å². The third kappa shape index (κ3) is 4.13. The van der Waals surface area contributed by atoms with E-state index in [0.29, 0.717) is 19.0 Å². The van der Waals surface area contributed by atoms with Crippen LogP contribution in [-0.4, -0.2) is 24.3 Å². The molecule has 3 rings (SSSR count). The molecule has 3 aromatic rings. The van der Waals surface area contributed by atoms with E-state index in [4.69, 9.17) is 9.47 Å². The van der Waals surface area contributed by atoms with Crippen LogP contribution in [0.4, 0.5) is 0 Å². The zero-order valence-corrected chi connectivity index (χ0v) is 14.9. The van der Waals surface area contributed by atoms with Gasteiger partial charge in [-0.05, 0) is 30.3 Å². The summed E-state index contributed by atoms with van der Waals surface area (Å²) < 4.78 is 10.5. The Labute approximate surface area is 153 Å². The molecule has 1 aromatic heterocycles. The highest BCUT2D eigenvalue weighted by Crippen LogP contribution is 2.26. The SMILES string of the molecule is COc1cccc(-c2ccc(O)c(CNCc3ccccc3OC)c2)n1.